The molecule has 0 radical (unpaired) electrons. The lowest BCUT2D eigenvalue weighted by molar-refractivity contribution is 0.305. The predicted octanol–water partition coefficient (Wildman–Crippen LogP) is 7.29. The fraction of sp³-hybridized carbons (Fsp3) is 0.375. The Morgan fingerprint density at radius 1 is 1.00 bits per heavy atom. The van der Waals surface area contributed by atoms with Crippen LogP contribution in [0.5, 0.6) is 0 Å². The summed E-state index contributed by atoms with van der Waals surface area (Å²) in [6, 6.07) is 15.0. The summed E-state index contributed by atoms with van der Waals surface area (Å²) >= 11 is 0. The molecule has 0 saturated heterocycles. The lowest BCUT2D eigenvalue weighted by atomic mass is 9.77. The molecule has 1 fully saturated rings. The van der Waals surface area contributed by atoms with E-state index in [2.05, 4.69) is 12.1 Å². The van der Waals surface area contributed by atoms with Crippen molar-refractivity contribution < 1.29 is 8.78 Å². The van der Waals surface area contributed by atoms with Crippen molar-refractivity contribution in [3.63, 3.8) is 0 Å². The quantitative estimate of drug-likeness (QED) is 0.493. The van der Waals surface area contributed by atoms with E-state index >= 15 is 0 Å². The molecular formula is C24H25F2N. The van der Waals surface area contributed by atoms with E-state index < -0.39 is 5.82 Å². The predicted molar refractivity (Wildman–Crippen MR) is 105 cm³/mol. The van der Waals surface area contributed by atoms with E-state index in [1.165, 1.54) is 49.8 Å². The standard InChI is InChI=1S/C24H25F2N/c25-15-3-1-2-4-18-5-7-19(8-6-18)20-9-11-21(12-10-20)22-13-14-23(17-27)24(26)16-22/h3,9-16,18-19H,1-2,4-8H2/b15-3+/t18-,19-. The van der Waals surface area contributed by atoms with Gasteiger partial charge in [0, 0.05) is 0 Å². The Balaban J connectivity index is 1.57. The zero-order valence-corrected chi connectivity index (χ0v) is 15.5. The van der Waals surface area contributed by atoms with Gasteiger partial charge in [-0.2, -0.15) is 5.26 Å². The SMILES string of the molecule is N#Cc1ccc(-c2ccc([C@H]3CC[C@H](CCC/C=C/F)CC3)cc2)cc1F. The number of unbranched alkanes of at least 4 members (excludes halogenated alkanes) is 1. The Bertz CT molecular complexity index is 809. The zero-order chi connectivity index (χ0) is 19.1. The minimum Gasteiger partial charge on any atom is -0.216 e. The molecule has 1 nitrogen and oxygen atoms in total. The van der Waals surface area contributed by atoms with Gasteiger partial charge in [-0.05, 0) is 79.2 Å². The summed E-state index contributed by atoms with van der Waals surface area (Å²) in [6.07, 6.45) is 10.3. The van der Waals surface area contributed by atoms with E-state index in [-0.39, 0.29) is 5.56 Å². The summed E-state index contributed by atoms with van der Waals surface area (Å²) in [7, 11) is 0. The Morgan fingerprint density at radius 3 is 2.33 bits per heavy atom. The summed E-state index contributed by atoms with van der Waals surface area (Å²) in [5.41, 5.74) is 3.19. The van der Waals surface area contributed by atoms with Gasteiger partial charge in [-0.25, -0.2) is 8.78 Å². The number of rotatable bonds is 6. The molecule has 1 aliphatic rings. The molecule has 3 heteroatoms. The van der Waals surface area contributed by atoms with Crippen LogP contribution < -0.4 is 0 Å². The maximum atomic E-state index is 13.8. The van der Waals surface area contributed by atoms with Gasteiger partial charge in [0.2, 0.25) is 0 Å². The second kappa shape index (κ2) is 9.46. The maximum Gasteiger partial charge on any atom is 0.141 e. The monoisotopic (exact) mass is 365 g/mol. The van der Waals surface area contributed by atoms with Crippen molar-refractivity contribution in [1.29, 1.82) is 5.26 Å². The molecule has 0 aromatic heterocycles. The molecule has 2 aromatic rings. The van der Waals surface area contributed by atoms with Crippen molar-refractivity contribution in [2.24, 2.45) is 5.92 Å². The van der Waals surface area contributed by atoms with Gasteiger partial charge in [-0.1, -0.05) is 42.8 Å². The van der Waals surface area contributed by atoms with Gasteiger partial charge in [0.05, 0.1) is 11.9 Å². The average Bonchev–Trinajstić information content (AvgIpc) is 2.72. The first-order chi connectivity index (χ1) is 13.2. The molecule has 0 atom stereocenters. The third-order valence-corrected chi connectivity index (χ3v) is 5.72. The normalized spacial score (nSPS) is 19.9. The number of nitriles is 1. The van der Waals surface area contributed by atoms with Gasteiger partial charge in [0.1, 0.15) is 11.9 Å². The van der Waals surface area contributed by atoms with Crippen molar-refractivity contribution >= 4 is 0 Å². The Morgan fingerprint density at radius 2 is 1.70 bits per heavy atom. The van der Waals surface area contributed by atoms with E-state index in [0.717, 1.165) is 29.9 Å². The van der Waals surface area contributed by atoms with E-state index in [1.54, 1.807) is 12.1 Å². The molecule has 0 heterocycles. The smallest absolute Gasteiger partial charge is 0.141 e. The molecular weight excluding hydrogens is 340 g/mol. The van der Waals surface area contributed by atoms with Crippen LogP contribution in [0.25, 0.3) is 11.1 Å². The van der Waals surface area contributed by atoms with Crippen LogP contribution in [-0.2, 0) is 0 Å². The van der Waals surface area contributed by atoms with Crippen molar-refractivity contribution in [2.75, 3.05) is 0 Å². The molecule has 0 aliphatic heterocycles. The van der Waals surface area contributed by atoms with Crippen LogP contribution in [0.4, 0.5) is 8.78 Å². The van der Waals surface area contributed by atoms with Gasteiger partial charge < -0.3 is 0 Å². The van der Waals surface area contributed by atoms with Crippen LogP contribution in [0, 0.1) is 23.1 Å². The van der Waals surface area contributed by atoms with E-state index in [9.17, 15) is 8.78 Å². The zero-order valence-electron chi connectivity index (χ0n) is 15.5. The fourth-order valence-corrected chi connectivity index (χ4v) is 4.10. The summed E-state index contributed by atoms with van der Waals surface area (Å²) in [6.45, 7) is 0. The number of halogens is 2. The van der Waals surface area contributed by atoms with Crippen molar-refractivity contribution in [2.45, 2.75) is 50.9 Å². The van der Waals surface area contributed by atoms with Gasteiger partial charge >= 0.3 is 0 Å². The van der Waals surface area contributed by atoms with E-state index in [4.69, 9.17) is 5.26 Å². The highest BCUT2D eigenvalue weighted by molar-refractivity contribution is 5.64. The van der Waals surface area contributed by atoms with Crippen LogP contribution in [0.3, 0.4) is 0 Å². The van der Waals surface area contributed by atoms with E-state index in [1.807, 2.05) is 18.2 Å². The molecule has 2 aromatic carbocycles. The first kappa shape index (κ1) is 19.3. The Labute approximate surface area is 160 Å². The van der Waals surface area contributed by atoms with E-state index in [0.29, 0.717) is 12.2 Å². The first-order valence-corrected chi connectivity index (χ1v) is 9.76. The lowest BCUT2D eigenvalue weighted by Crippen LogP contribution is -2.13. The molecule has 27 heavy (non-hydrogen) atoms. The largest absolute Gasteiger partial charge is 0.216 e. The summed E-state index contributed by atoms with van der Waals surface area (Å²) < 4.78 is 25.8. The number of benzene rings is 2. The van der Waals surface area contributed by atoms with Gasteiger partial charge in [-0.15, -0.1) is 0 Å². The molecule has 0 unspecified atom stereocenters. The van der Waals surface area contributed by atoms with Crippen LogP contribution in [0.1, 0.15) is 62.0 Å². The molecule has 1 aliphatic carbocycles. The third kappa shape index (κ3) is 5.04. The lowest BCUT2D eigenvalue weighted by Gasteiger charge is -2.29. The summed E-state index contributed by atoms with van der Waals surface area (Å²) in [5.74, 6) is 0.897. The number of nitrogens with zero attached hydrogens (tertiary/aromatic N) is 1. The van der Waals surface area contributed by atoms with Crippen molar-refractivity contribution in [3.8, 4) is 17.2 Å². The second-order valence-electron chi connectivity index (χ2n) is 7.44. The summed E-state index contributed by atoms with van der Waals surface area (Å²) in [5, 5.41) is 8.84. The molecule has 3 rings (SSSR count). The van der Waals surface area contributed by atoms with Gasteiger partial charge in [-0.3, -0.25) is 0 Å². The molecule has 0 spiro atoms. The molecule has 140 valence electrons. The first-order valence-electron chi connectivity index (χ1n) is 9.76. The van der Waals surface area contributed by atoms with Gasteiger partial charge in [0.15, 0.2) is 0 Å². The molecule has 0 amide bonds. The highest BCUT2D eigenvalue weighted by Crippen LogP contribution is 2.38. The second-order valence-corrected chi connectivity index (χ2v) is 7.44. The molecule has 0 N–H and O–H groups in total. The van der Waals surface area contributed by atoms with Crippen molar-refractivity contribution in [3.05, 3.63) is 71.8 Å². The third-order valence-electron chi connectivity index (χ3n) is 5.72. The van der Waals surface area contributed by atoms with Crippen LogP contribution in [0.15, 0.2) is 54.9 Å². The highest BCUT2D eigenvalue weighted by atomic mass is 19.1. The van der Waals surface area contributed by atoms with Crippen molar-refractivity contribution in [1.82, 2.24) is 0 Å². The molecule has 0 bridgehead atoms. The number of hydrogen-bond donors (Lipinski definition) is 0. The van der Waals surface area contributed by atoms with Crippen LogP contribution >= 0.6 is 0 Å². The Hall–Kier alpha value is -2.47. The Kier molecular flexibility index (Phi) is 6.76. The fourth-order valence-electron chi connectivity index (χ4n) is 4.10. The van der Waals surface area contributed by atoms with Gasteiger partial charge in [0.25, 0.3) is 0 Å². The highest BCUT2D eigenvalue weighted by Gasteiger charge is 2.22. The minimum atomic E-state index is -0.473. The number of allylic oxidation sites excluding steroid dienone is 1. The average molecular weight is 365 g/mol. The van der Waals surface area contributed by atoms with Crippen LogP contribution in [0.2, 0.25) is 0 Å². The maximum absolute atomic E-state index is 13.8. The minimum absolute atomic E-state index is 0.0767. The van der Waals surface area contributed by atoms with Crippen LogP contribution in [-0.4, -0.2) is 0 Å². The number of hydrogen-bond acceptors (Lipinski definition) is 1. The topological polar surface area (TPSA) is 23.8 Å². The summed E-state index contributed by atoms with van der Waals surface area (Å²) in [4.78, 5) is 0. The molecule has 1 saturated carbocycles.